The lowest BCUT2D eigenvalue weighted by Gasteiger charge is -2.28. The highest BCUT2D eigenvalue weighted by atomic mass is 16.1. The highest BCUT2D eigenvalue weighted by Crippen LogP contribution is 2.28. The molecule has 0 bridgehead atoms. The van der Waals surface area contributed by atoms with Crippen molar-refractivity contribution in [1.29, 1.82) is 0 Å². The molecule has 1 aliphatic carbocycles. The maximum absolute atomic E-state index is 12.6. The summed E-state index contributed by atoms with van der Waals surface area (Å²) in [6, 6.07) is 10.8. The number of hydrogen-bond acceptors (Lipinski definition) is 5. The molecule has 3 aromatic rings. The average Bonchev–Trinajstić information content (AvgIpc) is 3.29. The molecule has 3 heterocycles. The monoisotopic (exact) mass is 460 g/mol. The lowest BCUT2D eigenvalue weighted by atomic mass is 9.95. The number of pyridine rings is 1. The Kier molecular flexibility index (Phi) is 7.09. The minimum absolute atomic E-state index is 0.119. The van der Waals surface area contributed by atoms with Crippen molar-refractivity contribution in [3.63, 3.8) is 0 Å². The standard InChI is InChI=1S/C27H36N6O/c1-33-17-14-20(15-18-33)27(34)30-22-10-7-19(8-11-22)9-12-23-25-24(32-31-23)13-16-28-26(25)29-21-5-3-2-4-6-21/h7-8,10-11,13,16,20-21H,2-6,9,12,14-15,17-18H2,1H3,(H,28,29)(H,30,34)(H,31,32). The Balaban J connectivity index is 1.20. The largest absolute Gasteiger partial charge is 0.367 e. The van der Waals surface area contributed by atoms with E-state index in [4.69, 9.17) is 0 Å². The molecular formula is C27H36N6O. The van der Waals surface area contributed by atoms with Crippen LogP contribution in [0.2, 0.25) is 0 Å². The summed E-state index contributed by atoms with van der Waals surface area (Å²) in [4.78, 5) is 19.5. The summed E-state index contributed by atoms with van der Waals surface area (Å²) in [6.45, 7) is 1.98. The van der Waals surface area contributed by atoms with Crippen molar-refractivity contribution in [3.8, 4) is 0 Å². The second-order valence-electron chi connectivity index (χ2n) is 10.00. The molecule has 0 atom stereocenters. The number of anilines is 2. The Labute approximate surface area is 201 Å². The Morgan fingerprint density at radius 2 is 1.79 bits per heavy atom. The zero-order valence-electron chi connectivity index (χ0n) is 20.1. The quantitative estimate of drug-likeness (QED) is 0.473. The number of fused-ring (bicyclic) bond motifs is 1. The van der Waals surface area contributed by atoms with E-state index in [1.807, 2.05) is 24.4 Å². The fraction of sp³-hybridized carbons (Fsp3) is 0.519. The van der Waals surface area contributed by atoms with Crippen LogP contribution in [0.5, 0.6) is 0 Å². The summed E-state index contributed by atoms with van der Waals surface area (Å²) in [7, 11) is 2.11. The summed E-state index contributed by atoms with van der Waals surface area (Å²) in [6.07, 6.45) is 11.8. The predicted octanol–water partition coefficient (Wildman–Crippen LogP) is 4.77. The number of benzene rings is 1. The number of carbonyl (C=O) groups excluding carboxylic acids is 1. The number of aromatic nitrogens is 3. The van der Waals surface area contributed by atoms with Crippen molar-refractivity contribution in [2.24, 2.45) is 5.92 Å². The highest BCUT2D eigenvalue weighted by molar-refractivity contribution is 5.93. The molecule has 1 aromatic carbocycles. The Bertz CT molecular complexity index is 1090. The number of nitrogens with zero attached hydrogens (tertiary/aromatic N) is 3. The molecule has 0 unspecified atom stereocenters. The molecule has 0 radical (unpaired) electrons. The number of aromatic amines is 1. The van der Waals surface area contributed by atoms with Crippen molar-refractivity contribution in [3.05, 3.63) is 47.8 Å². The summed E-state index contributed by atoms with van der Waals surface area (Å²) >= 11 is 0. The third kappa shape index (κ3) is 5.41. The van der Waals surface area contributed by atoms with Crippen LogP contribution in [0.1, 0.15) is 56.2 Å². The van der Waals surface area contributed by atoms with E-state index >= 15 is 0 Å². The molecule has 1 saturated heterocycles. The van der Waals surface area contributed by atoms with Crippen LogP contribution in [-0.2, 0) is 17.6 Å². The van der Waals surface area contributed by atoms with Gasteiger partial charge in [-0.15, -0.1) is 0 Å². The van der Waals surface area contributed by atoms with Crippen LogP contribution in [0.4, 0.5) is 11.5 Å². The molecule has 2 aliphatic rings. The first kappa shape index (κ1) is 22.8. The first-order chi connectivity index (χ1) is 16.7. The molecule has 0 spiro atoms. The van der Waals surface area contributed by atoms with E-state index in [0.29, 0.717) is 6.04 Å². The summed E-state index contributed by atoms with van der Waals surface area (Å²) in [5.41, 5.74) is 4.21. The first-order valence-corrected chi connectivity index (χ1v) is 12.8. The van der Waals surface area contributed by atoms with E-state index in [9.17, 15) is 4.79 Å². The van der Waals surface area contributed by atoms with Gasteiger partial charge in [0.05, 0.1) is 16.6 Å². The third-order valence-electron chi connectivity index (χ3n) is 7.46. The first-order valence-electron chi connectivity index (χ1n) is 12.8. The number of carbonyl (C=O) groups is 1. The van der Waals surface area contributed by atoms with Gasteiger partial charge in [0.2, 0.25) is 5.91 Å². The fourth-order valence-electron chi connectivity index (χ4n) is 5.29. The smallest absolute Gasteiger partial charge is 0.227 e. The molecule has 3 N–H and O–H groups in total. The summed E-state index contributed by atoms with van der Waals surface area (Å²) < 4.78 is 0. The molecule has 1 aliphatic heterocycles. The highest BCUT2D eigenvalue weighted by Gasteiger charge is 2.23. The molecule has 2 aromatic heterocycles. The van der Waals surface area contributed by atoms with Gasteiger partial charge in [-0.2, -0.15) is 5.10 Å². The van der Waals surface area contributed by atoms with Gasteiger partial charge < -0.3 is 15.5 Å². The van der Waals surface area contributed by atoms with Crippen LogP contribution >= 0.6 is 0 Å². The maximum Gasteiger partial charge on any atom is 0.227 e. The van der Waals surface area contributed by atoms with Crippen LogP contribution in [0.3, 0.4) is 0 Å². The zero-order chi connectivity index (χ0) is 23.3. The Hall–Kier alpha value is -2.93. The lowest BCUT2D eigenvalue weighted by molar-refractivity contribution is -0.121. The Morgan fingerprint density at radius 3 is 2.56 bits per heavy atom. The second kappa shape index (κ2) is 10.6. The molecule has 1 saturated carbocycles. The maximum atomic E-state index is 12.6. The topological polar surface area (TPSA) is 85.9 Å². The number of likely N-dealkylation sites (tertiary alicyclic amines) is 1. The molecule has 180 valence electrons. The minimum atomic E-state index is 0.119. The van der Waals surface area contributed by atoms with Crippen LogP contribution in [0, 0.1) is 5.92 Å². The number of amides is 1. The van der Waals surface area contributed by atoms with Gasteiger partial charge >= 0.3 is 0 Å². The van der Waals surface area contributed by atoms with Gasteiger partial charge in [-0.05, 0) is 82.4 Å². The van der Waals surface area contributed by atoms with E-state index in [-0.39, 0.29) is 11.8 Å². The van der Waals surface area contributed by atoms with Crippen molar-refractivity contribution in [1.82, 2.24) is 20.1 Å². The van der Waals surface area contributed by atoms with Crippen LogP contribution in [0.15, 0.2) is 36.5 Å². The molecule has 2 fully saturated rings. The van der Waals surface area contributed by atoms with E-state index in [2.05, 4.69) is 49.9 Å². The molecule has 7 heteroatoms. The number of rotatable bonds is 7. The fourth-order valence-corrected chi connectivity index (χ4v) is 5.29. The number of hydrogen-bond donors (Lipinski definition) is 3. The van der Waals surface area contributed by atoms with Crippen LogP contribution in [-0.4, -0.2) is 52.2 Å². The lowest BCUT2D eigenvalue weighted by Crippen LogP contribution is -2.35. The molecule has 5 rings (SSSR count). The van der Waals surface area contributed by atoms with Gasteiger partial charge in [0.25, 0.3) is 0 Å². The Morgan fingerprint density at radius 1 is 1.03 bits per heavy atom. The van der Waals surface area contributed by atoms with E-state index < -0.39 is 0 Å². The number of piperidine rings is 1. The molecule has 34 heavy (non-hydrogen) atoms. The van der Waals surface area contributed by atoms with Gasteiger partial charge in [-0.1, -0.05) is 31.4 Å². The normalized spacial score (nSPS) is 18.3. The van der Waals surface area contributed by atoms with E-state index in [1.165, 1.54) is 37.7 Å². The van der Waals surface area contributed by atoms with Crippen molar-refractivity contribution < 1.29 is 4.79 Å². The zero-order valence-corrected chi connectivity index (χ0v) is 20.1. The van der Waals surface area contributed by atoms with Gasteiger partial charge in [-0.25, -0.2) is 4.98 Å². The summed E-state index contributed by atoms with van der Waals surface area (Å²) in [5.74, 6) is 1.23. The van der Waals surface area contributed by atoms with Gasteiger partial charge in [0.1, 0.15) is 5.82 Å². The minimum Gasteiger partial charge on any atom is -0.367 e. The van der Waals surface area contributed by atoms with Gasteiger partial charge in [0.15, 0.2) is 0 Å². The SMILES string of the molecule is CN1CCC(C(=O)Nc2ccc(CCc3n[nH]c4ccnc(NC5CCCCC5)c34)cc2)CC1. The number of nitrogens with one attached hydrogen (secondary N) is 3. The summed E-state index contributed by atoms with van der Waals surface area (Å²) in [5, 5.41) is 15.7. The predicted molar refractivity (Wildman–Crippen MR) is 137 cm³/mol. The van der Waals surface area contributed by atoms with Crippen LogP contribution in [0.25, 0.3) is 10.9 Å². The number of aryl methyl sites for hydroxylation is 2. The molecule has 1 amide bonds. The van der Waals surface area contributed by atoms with Crippen molar-refractivity contribution in [2.75, 3.05) is 30.8 Å². The second-order valence-corrected chi connectivity index (χ2v) is 10.00. The average molecular weight is 461 g/mol. The van der Waals surface area contributed by atoms with E-state index in [0.717, 1.165) is 66.9 Å². The van der Waals surface area contributed by atoms with Crippen molar-refractivity contribution >= 4 is 28.3 Å². The molecular weight excluding hydrogens is 424 g/mol. The van der Waals surface area contributed by atoms with Crippen LogP contribution < -0.4 is 10.6 Å². The van der Waals surface area contributed by atoms with Gasteiger partial charge in [-0.3, -0.25) is 9.89 Å². The van der Waals surface area contributed by atoms with Crippen molar-refractivity contribution in [2.45, 2.75) is 63.8 Å². The number of H-pyrrole nitrogens is 1. The molecule has 7 nitrogen and oxygen atoms in total. The van der Waals surface area contributed by atoms with E-state index in [1.54, 1.807) is 0 Å². The third-order valence-corrected chi connectivity index (χ3v) is 7.46. The van der Waals surface area contributed by atoms with Gasteiger partial charge in [0, 0.05) is 23.8 Å².